The standard InChI is InChI=1S/C10H16BrN3O2/c1-3-13(4-2)5-6-14-7-8(11)9(15)12-10(14)16/h7H,3-6H2,1-2H3,(H,12,15,16). The van der Waals surface area contributed by atoms with Gasteiger partial charge in [0.05, 0.1) is 4.47 Å². The van der Waals surface area contributed by atoms with E-state index in [-0.39, 0.29) is 11.2 Å². The highest BCUT2D eigenvalue weighted by atomic mass is 79.9. The van der Waals surface area contributed by atoms with Gasteiger partial charge in [-0.05, 0) is 29.0 Å². The molecule has 1 aromatic rings. The number of nitrogens with zero attached hydrogens (tertiary/aromatic N) is 2. The first-order chi connectivity index (χ1) is 7.58. The lowest BCUT2D eigenvalue weighted by Gasteiger charge is -2.18. The third-order valence-electron chi connectivity index (χ3n) is 2.52. The van der Waals surface area contributed by atoms with Gasteiger partial charge in [-0.15, -0.1) is 0 Å². The molecule has 1 rings (SSSR count). The second-order valence-electron chi connectivity index (χ2n) is 3.46. The molecular formula is C10H16BrN3O2. The van der Waals surface area contributed by atoms with Crippen molar-refractivity contribution in [2.24, 2.45) is 0 Å². The van der Waals surface area contributed by atoms with Gasteiger partial charge in [-0.2, -0.15) is 0 Å². The molecule has 0 bridgehead atoms. The maximum atomic E-state index is 11.4. The Kier molecular flexibility index (Phi) is 4.95. The van der Waals surface area contributed by atoms with Crippen LogP contribution in [0, 0.1) is 0 Å². The summed E-state index contributed by atoms with van der Waals surface area (Å²) in [6.45, 7) is 7.44. The van der Waals surface area contributed by atoms with E-state index >= 15 is 0 Å². The smallest absolute Gasteiger partial charge is 0.302 e. The topological polar surface area (TPSA) is 58.1 Å². The number of H-pyrrole nitrogens is 1. The summed E-state index contributed by atoms with van der Waals surface area (Å²) in [7, 11) is 0. The number of halogens is 1. The summed E-state index contributed by atoms with van der Waals surface area (Å²) in [6.07, 6.45) is 1.53. The van der Waals surface area contributed by atoms with Crippen molar-refractivity contribution in [1.29, 1.82) is 0 Å². The van der Waals surface area contributed by atoms with Crippen molar-refractivity contribution in [3.05, 3.63) is 31.5 Å². The van der Waals surface area contributed by atoms with Gasteiger partial charge in [0.1, 0.15) is 0 Å². The first kappa shape index (κ1) is 13.2. The zero-order valence-electron chi connectivity index (χ0n) is 9.49. The molecule has 0 radical (unpaired) electrons. The van der Waals surface area contributed by atoms with Crippen molar-refractivity contribution in [3.63, 3.8) is 0 Å². The van der Waals surface area contributed by atoms with E-state index in [1.807, 2.05) is 0 Å². The third kappa shape index (κ3) is 3.31. The van der Waals surface area contributed by atoms with Crippen LogP contribution in [0.3, 0.4) is 0 Å². The second-order valence-corrected chi connectivity index (χ2v) is 4.31. The highest BCUT2D eigenvalue weighted by Gasteiger charge is 2.03. The lowest BCUT2D eigenvalue weighted by molar-refractivity contribution is 0.288. The maximum absolute atomic E-state index is 11.4. The Morgan fingerprint density at radius 1 is 1.38 bits per heavy atom. The zero-order chi connectivity index (χ0) is 12.1. The lowest BCUT2D eigenvalue weighted by atomic mass is 10.4. The summed E-state index contributed by atoms with van der Waals surface area (Å²) >= 11 is 3.10. The SMILES string of the molecule is CCN(CC)CCn1cc(Br)c(=O)[nH]c1=O. The first-order valence-electron chi connectivity index (χ1n) is 5.30. The molecule has 0 unspecified atom stereocenters. The summed E-state index contributed by atoms with van der Waals surface area (Å²) < 4.78 is 1.88. The molecule has 16 heavy (non-hydrogen) atoms. The van der Waals surface area contributed by atoms with E-state index in [4.69, 9.17) is 0 Å². The average Bonchev–Trinajstić information content (AvgIpc) is 2.26. The minimum absolute atomic E-state index is 0.361. The average molecular weight is 290 g/mol. The molecule has 0 spiro atoms. The van der Waals surface area contributed by atoms with Crippen LogP contribution in [0.4, 0.5) is 0 Å². The first-order valence-corrected chi connectivity index (χ1v) is 6.09. The third-order valence-corrected chi connectivity index (χ3v) is 3.08. The Bertz CT molecular complexity index is 448. The molecule has 1 aromatic heterocycles. The van der Waals surface area contributed by atoms with Gasteiger partial charge in [0.15, 0.2) is 0 Å². The Morgan fingerprint density at radius 3 is 2.56 bits per heavy atom. The largest absolute Gasteiger partial charge is 0.328 e. The van der Waals surface area contributed by atoms with Gasteiger partial charge in [0, 0.05) is 19.3 Å². The molecule has 0 fully saturated rings. The fourth-order valence-electron chi connectivity index (χ4n) is 1.44. The van der Waals surface area contributed by atoms with E-state index in [0.717, 1.165) is 19.6 Å². The monoisotopic (exact) mass is 289 g/mol. The van der Waals surface area contributed by atoms with E-state index in [1.54, 1.807) is 0 Å². The molecule has 6 heteroatoms. The van der Waals surface area contributed by atoms with Gasteiger partial charge >= 0.3 is 5.69 Å². The summed E-state index contributed by atoms with van der Waals surface area (Å²) in [5, 5.41) is 0. The predicted octanol–water partition coefficient (Wildman–Crippen LogP) is 0.641. The molecule has 90 valence electrons. The Balaban J connectivity index is 2.78. The molecule has 0 aliphatic rings. The van der Waals surface area contributed by atoms with Crippen LogP contribution in [0.5, 0.6) is 0 Å². The molecule has 0 aliphatic heterocycles. The van der Waals surface area contributed by atoms with E-state index in [1.165, 1.54) is 10.8 Å². The fourth-order valence-corrected chi connectivity index (χ4v) is 1.78. The summed E-state index contributed by atoms with van der Waals surface area (Å²) in [4.78, 5) is 27.0. The van der Waals surface area contributed by atoms with Gasteiger partial charge < -0.3 is 4.90 Å². The molecule has 1 heterocycles. The zero-order valence-corrected chi connectivity index (χ0v) is 11.1. The Morgan fingerprint density at radius 2 is 2.00 bits per heavy atom. The quantitative estimate of drug-likeness (QED) is 0.866. The van der Waals surface area contributed by atoms with E-state index in [0.29, 0.717) is 11.0 Å². The van der Waals surface area contributed by atoms with Crippen LogP contribution in [-0.4, -0.2) is 34.1 Å². The van der Waals surface area contributed by atoms with Crippen LogP contribution >= 0.6 is 15.9 Å². The molecule has 0 atom stereocenters. The number of hydrogen-bond acceptors (Lipinski definition) is 3. The molecule has 0 saturated heterocycles. The van der Waals surface area contributed by atoms with Crippen LogP contribution in [0.25, 0.3) is 0 Å². The summed E-state index contributed by atoms with van der Waals surface area (Å²) in [5.41, 5.74) is -0.746. The Labute approximate surface area is 102 Å². The number of likely N-dealkylation sites (N-methyl/N-ethyl adjacent to an activating group) is 1. The molecule has 0 saturated carbocycles. The maximum Gasteiger partial charge on any atom is 0.328 e. The highest BCUT2D eigenvalue weighted by molar-refractivity contribution is 9.10. The van der Waals surface area contributed by atoms with Gasteiger partial charge in [0.2, 0.25) is 0 Å². The highest BCUT2D eigenvalue weighted by Crippen LogP contribution is 1.98. The van der Waals surface area contributed by atoms with Crippen molar-refractivity contribution in [1.82, 2.24) is 14.5 Å². The molecule has 0 aromatic carbocycles. The fraction of sp³-hybridized carbons (Fsp3) is 0.600. The molecule has 0 aliphatic carbocycles. The van der Waals surface area contributed by atoms with E-state index in [9.17, 15) is 9.59 Å². The number of hydrogen-bond donors (Lipinski definition) is 1. The number of aromatic nitrogens is 2. The minimum Gasteiger partial charge on any atom is -0.302 e. The van der Waals surface area contributed by atoms with Crippen molar-refractivity contribution in [2.45, 2.75) is 20.4 Å². The van der Waals surface area contributed by atoms with Crippen LogP contribution in [0.1, 0.15) is 13.8 Å². The predicted molar refractivity (Wildman–Crippen MR) is 66.8 cm³/mol. The summed E-state index contributed by atoms with van der Waals surface area (Å²) in [5.74, 6) is 0. The van der Waals surface area contributed by atoms with Crippen molar-refractivity contribution in [2.75, 3.05) is 19.6 Å². The van der Waals surface area contributed by atoms with E-state index < -0.39 is 0 Å². The van der Waals surface area contributed by atoms with Crippen molar-refractivity contribution in [3.8, 4) is 0 Å². The minimum atomic E-state index is -0.385. The molecule has 0 amide bonds. The van der Waals surface area contributed by atoms with Crippen LogP contribution in [0.2, 0.25) is 0 Å². The van der Waals surface area contributed by atoms with Crippen molar-refractivity contribution < 1.29 is 0 Å². The van der Waals surface area contributed by atoms with Gasteiger partial charge in [0.25, 0.3) is 5.56 Å². The van der Waals surface area contributed by atoms with Gasteiger partial charge in [-0.1, -0.05) is 13.8 Å². The number of rotatable bonds is 5. The number of nitrogens with one attached hydrogen (secondary N) is 1. The van der Waals surface area contributed by atoms with Gasteiger partial charge in [-0.25, -0.2) is 4.79 Å². The molecule has 5 nitrogen and oxygen atoms in total. The van der Waals surface area contributed by atoms with Crippen LogP contribution in [0.15, 0.2) is 20.3 Å². The van der Waals surface area contributed by atoms with E-state index in [2.05, 4.69) is 39.7 Å². The van der Waals surface area contributed by atoms with Crippen molar-refractivity contribution >= 4 is 15.9 Å². The number of aromatic amines is 1. The molecular weight excluding hydrogens is 274 g/mol. The van der Waals surface area contributed by atoms with Gasteiger partial charge in [-0.3, -0.25) is 14.3 Å². The lowest BCUT2D eigenvalue weighted by Crippen LogP contribution is -2.34. The second kappa shape index (κ2) is 6.00. The summed E-state index contributed by atoms with van der Waals surface area (Å²) in [6, 6.07) is 0. The van der Waals surface area contributed by atoms with Crippen LogP contribution < -0.4 is 11.2 Å². The normalized spacial score (nSPS) is 11.0. The Hall–Kier alpha value is -0.880. The molecule has 1 N–H and O–H groups in total. The van der Waals surface area contributed by atoms with Crippen LogP contribution in [-0.2, 0) is 6.54 Å².